The number of carbonyl (C=O) groups is 2. The second-order valence-corrected chi connectivity index (χ2v) is 8.74. The van der Waals surface area contributed by atoms with E-state index in [-0.39, 0.29) is 18.0 Å². The van der Waals surface area contributed by atoms with Gasteiger partial charge in [0.2, 0.25) is 10.0 Å². The Morgan fingerprint density at radius 3 is 2.36 bits per heavy atom. The quantitative estimate of drug-likeness (QED) is 0.368. The van der Waals surface area contributed by atoms with Gasteiger partial charge in [-0.15, -0.1) is 0 Å². The van der Waals surface area contributed by atoms with Crippen molar-refractivity contribution in [3.8, 4) is 0 Å². The number of carbonyl (C=O) groups excluding carboxylic acids is 2. The Morgan fingerprint density at radius 1 is 1.03 bits per heavy atom. The number of rotatable bonds is 7. The molecule has 1 aliphatic rings. The van der Waals surface area contributed by atoms with Crippen molar-refractivity contribution < 1.29 is 40.7 Å². The van der Waals surface area contributed by atoms with Gasteiger partial charge in [0.1, 0.15) is 0 Å². The number of ether oxygens (including phenoxy) is 2. The monoisotopic (exact) mass is 484 g/mol. The number of anilines is 1. The van der Waals surface area contributed by atoms with E-state index in [2.05, 4.69) is 0 Å². The molecule has 0 atom stereocenters. The number of esters is 1. The lowest BCUT2D eigenvalue weighted by Crippen LogP contribution is -2.40. The second kappa shape index (κ2) is 10.6. The predicted octanol–water partition coefficient (Wildman–Crippen LogP) is 2.32. The molecule has 1 aliphatic heterocycles. The van der Waals surface area contributed by atoms with E-state index in [1.54, 1.807) is 0 Å². The molecule has 2 aromatic carbocycles. The largest absolute Gasteiger partial charge is 0.452 e. The Kier molecular flexibility index (Phi) is 7.84. The van der Waals surface area contributed by atoms with Crippen molar-refractivity contribution in [3.05, 3.63) is 65.5 Å². The molecule has 2 aromatic rings. The van der Waals surface area contributed by atoms with Gasteiger partial charge in [0, 0.05) is 19.2 Å². The van der Waals surface area contributed by atoms with Gasteiger partial charge in [-0.3, -0.25) is 4.79 Å². The first-order chi connectivity index (χ1) is 15.7. The fourth-order valence-electron chi connectivity index (χ4n) is 2.84. The van der Waals surface area contributed by atoms with E-state index >= 15 is 0 Å². The van der Waals surface area contributed by atoms with Crippen LogP contribution in [0.15, 0.2) is 47.4 Å². The van der Waals surface area contributed by atoms with E-state index in [1.165, 1.54) is 34.6 Å². The number of morpholine rings is 1. The van der Waals surface area contributed by atoms with Gasteiger partial charge in [-0.05, 0) is 35.9 Å². The third kappa shape index (κ3) is 6.18. The lowest BCUT2D eigenvalue weighted by Gasteiger charge is -2.26. The SMILES string of the molecule is O=C(COC(=O)C=Cc1ccc(S(=O)(=O)N2CCOCC2)cc1)Nc1ccc(F)c(F)c1F. The first kappa shape index (κ1) is 24.4. The molecule has 0 saturated carbocycles. The van der Waals surface area contributed by atoms with Crippen molar-refractivity contribution in [1.29, 1.82) is 0 Å². The highest BCUT2D eigenvalue weighted by Gasteiger charge is 2.26. The minimum atomic E-state index is -3.64. The predicted molar refractivity (Wildman–Crippen MR) is 111 cm³/mol. The lowest BCUT2D eigenvalue weighted by molar-refractivity contribution is -0.142. The fourth-order valence-corrected chi connectivity index (χ4v) is 4.25. The highest BCUT2D eigenvalue weighted by Crippen LogP contribution is 2.20. The molecule has 3 rings (SSSR count). The molecular weight excluding hydrogens is 465 g/mol. The number of hydrogen-bond donors (Lipinski definition) is 1. The maximum Gasteiger partial charge on any atom is 0.331 e. The topological polar surface area (TPSA) is 102 Å². The first-order valence-electron chi connectivity index (χ1n) is 9.64. The third-order valence-corrected chi connectivity index (χ3v) is 6.47. The molecule has 0 unspecified atom stereocenters. The van der Waals surface area contributed by atoms with Gasteiger partial charge < -0.3 is 14.8 Å². The zero-order valence-electron chi connectivity index (χ0n) is 17.1. The molecule has 12 heteroatoms. The molecule has 0 radical (unpaired) electrons. The van der Waals surface area contributed by atoms with E-state index in [0.29, 0.717) is 24.8 Å². The summed E-state index contributed by atoms with van der Waals surface area (Å²) in [5.74, 6) is -6.58. The number of halogens is 3. The van der Waals surface area contributed by atoms with Crippen LogP contribution in [0.2, 0.25) is 0 Å². The van der Waals surface area contributed by atoms with E-state index in [0.717, 1.165) is 12.1 Å². The van der Waals surface area contributed by atoms with Crippen LogP contribution in [0.5, 0.6) is 0 Å². The zero-order chi connectivity index (χ0) is 24.0. The van der Waals surface area contributed by atoms with Crippen LogP contribution in [0.1, 0.15) is 5.56 Å². The van der Waals surface area contributed by atoms with Crippen molar-refractivity contribution in [2.24, 2.45) is 0 Å². The molecule has 1 N–H and O–H groups in total. The average Bonchev–Trinajstić information content (AvgIpc) is 2.82. The molecule has 0 bridgehead atoms. The van der Waals surface area contributed by atoms with Gasteiger partial charge in [-0.2, -0.15) is 4.31 Å². The van der Waals surface area contributed by atoms with Crippen LogP contribution in [-0.4, -0.2) is 57.5 Å². The van der Waals surface area contributed by atoms with Crippen LogP contribution in [-0.2, 0) is 29.1 Å². The Bertz CT molecular complexity index is 1160. The maximum atomic E-state index is 13.5. The Morgan fingerprint density at radius 2 is 1.70 bits per heavy atom. The summed E-state index contributed by atoms with van der Waals surface area (Å²) in [6.07, 6.45) is 2.36. The lowest BCUT2D eigenvalue weighted by atomic mass is 10.2. The van der Waals surface area contributed by atoms with Gasteiger partial charge in [-0.1, -0.05) is 12.1 Å². The number of nitrogens with zero attached hydrogens (tertiary/aromatic N) is 1. The van der Waals surface area contributed by atoms with Gasteiger partial charge in [0.25, 0.3) is 5.91 Å². The van der Waals surface area contributed by atoms with Gasteiger partial charge in [0.05, 0.1) is 23.8 Å². The summed E-state index contributed by atoms with van der Waals surface area (Å²) in [5, 5.41) is 1.96. The molecule has 1 saturated heterocycles. The highest BCUT2D eigenvalue weighted by molar-refractivity contribution is 7.89. The van der Waals surface area contributed by atoms with E-state index in [9.17, 15) is 31.2 Å². The molecule has 176 valence electrons. The molecule has 33 heavy (non-hydrogen) atoms. The van der Waals surface area contributed by atoms with E-state index in [4.69, 9.17) is 9.47 Å². The Hall–Kier alpha value is -3.22. The average molecular weight is 484 g/mol. The van der Waals surface area contributed by atoms with Crippen molar-refractivity contribution in [3.63, 3.8) is 0 Å². The summed E-state index contributed by atoms with van der Waals surface area (Å²) in [4.78, 5) is 23.6. The molecule has 0 aromatic heterocycles. The number of nitrogens with one attached hydrogen (secondary N) is 1. The standard InChI is InChI=1S/C21H19F3N2O6S/c22-16-6-7-17(21(24)20(16)23)25-18(27)13-32-19(28)8-3-14-1-4-15(5-2-14)33(29,30)26-9-11-31-12-10-26/h1-8H,9-13H2,(H,25,27). The number of hydrogen-bond acceptors (Lipinski definition) is 6. The van der Waals surface area contributed by atoms with Crippen LogP contribution in [0.4, 0.5) is 18.9 Å². The summed E-state index contributed by atoms with van der Waals surface area (Å²) in [6.45, 7) is 0.405. The molecule has 0 spiro atoms. The van der Waals surface area contributed by atoms with Crippen LogP contribution >= 0.6 is 0 Å². The van der Waals surface area contributed by atoms with Gasteiger partial charge >= 0.3 is 5.97 Å². The van der Waals surface area contributed by atoms with Crippen molar-refractivity contribution in [2.45, 2.75) is 4.90 Å². The number of sulfonamides is 1. The van der Waals surface area contributed by atoms with Crippen molar-refractivity contribution >= 4 is 33.7 Å². The molecule has 0 aliphatic carbocycles. The molecular formula is C21H19F3N2O6S. The summed E-state index contributed by atoms with van der Waals surface area (Å²) in [6, 6.07) is 7.27. The van der Waals surface area contributed by atoms with Gasteiger partial charge in [-0.25, -0.2) is 26.4 Å². The summed E-state index contributed by atoms with van der Waals surface area (Å²) in [7, 11) is -3.64. The summed E-state index contributed by atoms with van der Waals surface area (Å²) in [5.41, 5.74) is -0.0983. The molecule has 1 fully saturated rings. The minimum Gasteiger partial charge on any atom is -0.452 e. The van der Waals surface area contributed by atoms with Crippen molar-refractivity contribution in [1.82, 2.24) is 4.31 Å². The normalized spacial score (nSPS) is 14.9. The van der Waals surface area contributed by atoms with Crippen LogP contribution in [0.25, 0.3) is 6.08 Å². The highest BCUT2D eigenvalue weighted by atomic mass is 32.2. The first-order valence-corrected chi connectivity index (χ1v) is 11.1. The van der Waals surface area contributed by atoms with Crippen LogP contribution in [0, 0.1) is 17.5 Å². The summed E-state index contributed by atoms with van der Waals surface area (Å²) < 4.78 is 76.0. The van der Waals surface area contributed by atoms with E-state index in [1.807, 2.05) is 5.32 Å². The van der Waals surface area contributed by atoms with Crippen LogP contribution in [0.3, 0.4) is 0 Å². The molecule has 1 heterocycles. The minimum absolute atomic E-state index is 0.102. The Labute approximate surface area is 187 Å². The van der Waals surface area contributed by atoms with E-state index < -0.39 is 51.6 Å². The van der Waals surface area contributed by atoms with Gasteiger partial charge in [0.15, 0.2) is 24.1 Å². The molecule has 8 nitrogen and oxygen atoms in total. The number of amides is 1. The zero-order valence-corrected chi connectivity index (χ0v) is 17.9. The fraction of sp³-hybridized carbons (Fsp3) is 0.238. The smallest absolute Gasteiger partial charge is 0.331 e. The van der Waals surface area contributed by atoms with Crippen LogP contribution < -0.4 is 5.32 Å². The van der Waals surface area contributed by atoms with Crippen molar-refractivity contribution in [2.75, 3.05) is 38.2 Å². The maximum absolute atomic E-state index is 13.5. The second-order valence-electron chi connectivity index (χ2n) is 6.80. The number of benzene rings is 2. The Balaban J connectivity index is 1.52. The molecule has 1 amide bonds. The summed E-state index contributed by atoms with van der Waals surface area (Å²) >= 11 is 0. The third-order valence-electron chi connectivity index (χ3n) is 4.55.